The highest BCUT2D eigenvalue weighted by atomic mass is 16.5. The van der Waals surface area contributed by atoms with Gasteiger partial charge in [-0.3, -0.25) is 4.40 Å². The van der Waals surface area contributed by atoms with Crippen molar-refractivity contribution in [3.05, 3.63) is 29.7 Å². The van der Waals surface area contributed by atoms with Crippen molar-refractivity contribution in [3.63, 3.8) is 0 Å². The molecule has 1 aliphatic heterocycles. The number of fused-ring (bicyclic) bond motifs is 1. The Kier molecular flexibility index (Phi) is 3.64. The molecule has 3 heterocycles. The van der Waals surface area contributed by atoms with Gasteiger partial charge in [0, 0.05) is 19.2 Å². The van der Waals surface area contributed by atoms with Crippen LogP contribution < -0.4 is 0 Å². The van der Waals surface area contributed by atoms with Gasteiger partial charge < -0.3 is 9.64 Å². The van der Waals surface area contributed by atoms with Crippen LogP contribution in [0.5, 0.6) is 0 Å². The Balaban J connectivity index is 1.81. The molecule has 6 heteroatoms. The van der Waals surface area contributed by atoms with Gasteiger partial charge >= 0.3 is 5.97 Å². The molecule has 0 amide bonds. The number of carbonyl (C=O) groups is 1. The average molecular weight is 274 g/mol. The fourth-order valence-electron chi connectivity index (χ4n) is 2.61. The smallest absolute Gasteiger partial charge is 0.339 e. The monoisotopic (exact) mass is 274 g/mol. The first-order valence-corrected chi connectivity index (χ1v) is 6.92. The highest BCUT2D eigenvalue weighted by Gasteiger charge is 2.14. The minimum atomic E-state index is -0.342. The van der Waals surface area contributed by atoms with Crippen molar-refractivity contribution < 1.29 is 9.53 Å². The summed E-state index contributed by atoms with van der Waals surface area (Å²) in [5, 5.41) is 8.35. The quantitative estimate of drug-likeness (QED) is 0.783. The fourth-order valence-corrected chi connectivity index (χ4v) is 2.61. The second-order valence-corrected chi connectivity index (χ2v) is 5.05. The second-order valence-electron chi connectivity index (χ2n) is 5.05. The molecule has 0 spiro atoms. The van der Waals surface area contributed by atoms with E-state index in [-0.39, 0.29) is 5.97 Å². The van der Waals surface area contributed by atoms with E-state index in [9.17, 15) is 4.79 Å². The highest BCUT2D eigenvalue weighted by Crippen LogP contribution is 2.11. The third-order valence-electron chi connectivity index (χ3n) is 3.74. The first-order valence-electron chi connectivity index (χ1n) is 6.92. The molecular formula is C14H18N4O2. The lowest BCUT2D eigenvalue weighted by Gasteiger charge is -2.13. The maximum absolute atomic E-state index is 11.6. The molecule has 1 saturated heterocycles. The van der Waals surface area contributed by atoms with Crippen molar-refractivity contribution in [3.8, 4) is 0 Å². The van der Waals surface area contributed by atoms with Crippen LogP contribution in [0.15, 0.2) is 18.3 Å². The number of likely N-dealkylation sites (tertiary alicyclic amines) is 1. The molecule has 3 rings (SSSR count). The first kappa shape index (κ1) is 13.1. The predicted octanol–water partition coefficient (Wildman–Crippen LogP) is 1.15. The van der Waals surface area contributed by atoms with Gasteiger partial charge in [0.1, 0.15) is 5.82 Å². The number of ether oxygens (including phenoxy) is 1. The zero-order valence-electron chi connectivity index (χ0n) is 11.6. The summed E-state index contributed by atoms with van der Waals surface area (Å²) in [6.07, 6.45) is 5.16. The lowest BCUT2D eigenvalue weighted by atomic mass is 10.3. The van der Waals surface area contributed by atoms with Crippen LogP contribution in [0.3, 0.4) is 0 Å². The van der Waals surface area contributed by atoms with Crippen molar-refractivity contribution in [1.29, 1.82) is 0 Å². The van der Waals surface area contributed by atoms with Crippen LogP contribution >= 0.6 is 0 Å². The lowest BCUT2D eigenvalue weighted by Crippen LogP contribution is -2.22. The fraction of sp³-hybridized carbons (Fsp3) is 0.500. The lowest BCUT2D eigenvalue weighted by molar-refractivity contribution is 0.0600. The predicted molar refractivity (Wildman–Crippen MR) is 73.7 cm³/mol. The number of methoxy groups -OCH3 is 1. The first-order chi connectivity index (χ1) is 9.78. The summed E-state index contributed by atoms with van der Waals surface area (Å²) in [6.45, 7) is 3.33. The van der Waals surface area contributed by atoms with E-state index < -0.39 is 0 Å². The van der Waals surface area contributed by atoms with E-state index >= 15 is 0 Å². The van der Waals surface area contributed by atoms with E-state index in [0.29, 0.717) is 5.56 Å². The molecule has 0 atom stereocenters. The molecule has 0 saturated carbocycles. The second kappa shape index (κ2) is 5.58. The Bertz CT molecular complexity index is 617. The Labute approximate surface area is 117 Å². The van der Waals surface area contributed by atoms with Crippen LogP contribution in [0.1, 0.15) is 29.0 Å². The van der Waals surface area contributed by atoms with Crippen molar-refractivity contribution in [2.45, 2.75) is 19.3 Å². The molecule has 0 unspecified atom stereocenters. The molecule has 6 nitrogen and oxygen atoms in total. The summed E-state index contributed by atoms with van der Waals surface area (Å²) < 4.78 is 6.62. The van der Waals surface area contributed by atoms with Crippen LogP contribution in [0.2, 0.25) is 0 Å². The SMILES string of the molecule is COC(=O)c1ccc2nnc(CCN3CCCC3)n2c1. The molecule has 0 aromatic carbocycles. The number of aromatic nitrogens is 3. The van der Waals surface area contributed by atoms with Gasteiger partial charge in [0.15, 0.2) is 5.65 Å². The van der Waals surface area contributed by atoms with E-state index in [1.807, 2.05) is 4.40 Å². The third kappa shape index (κ3) is 2.51. The van der Waals surface area contributed by atoms with Gasteiger partial charge in [0.2, 0.25) is 0 Å². The van der Waals surface area contributed by atoms with Gasteiger partial charge in [0.05, 0.1) is 12.7 Å². The van der Waals surface area contributed by atoms with Gasteiger partial charge in [-0.25, -0.2) is 4.79 Å². The molecule has 0 radical (unpaired) electrons. The van der Waals surface area contributed by atoms with Crippen molar-refractivity contribution >= 4 is 11.6 Å². The summed E-state index contributed by atoms with van der Waals surface area (Å²) in [4.78, 5) is 14.0. The van der Waals surface area contributed by atoms with Crippen molar-refractivity contribution in [2.24, 2.45) is 0 Å². The number of carbonyl (C=O) groups excluding carboxylic acids is 1. The Hall–Kier alpha value is -1.95. The summed E-state index contributed by atoms with van der Waals surface area (Å²) in [7, 11) is 1.38. The van der Waals surface area contributed by atoms with Crippen LogP contribution in [-0.2, 0) is 11.2 Å². The summed E-state index contributed by atoms with van der Waals surface area (Å²) >= 11 is 0. The van der Waals surface area contributed by atoms with Crippen LogP contribution in [0.25, 0.3) is 5.65 Å². The summed E-state index contributed by atoms with van der Waals surface area (Å²) in [5.41, 5.74) is 1.27. The molecule has 2 aromatic rings. The van der Waals surface area contributed by atoms with E-state index in [1.165, 1.54) is 33.0 Å². The summed E-state index contributed by atoms with van der Waals surface area (Å²) in [6, 6.07) is 3.50. The van der Waals surface area contributed by atoms with Gasteiger partial charge in [-0.05, 0) is 38.1 Å². The highest BCUT2D eigenvalue weighted by molar-refractivity contribution is 5.89. The maximum atomic E-state index is 11.6. The zero-order chi connectivity index (χ0) is 13.9. The molecular weight excluding hydrogens is 256 g/mol. The number of nitrogens with zero attached hydrogens (tertiary/aromatic N) is 4. The number of rotatable bonds is 4. The topological polar surface area (TPSA) is 59.7 Å². The van der Waals surface area contributed by atoms with Crippen LogP contribution in [0.4, 0.5) is 0 Å². The number of hydrogen-bond donors (Lipinski definition) is 0. The number of pyridine rings is 1. The van der Waals surface area contributed by atoms with Gasteiger partial charge in [-0.15, -0.1) is 10.2 Å². The van der Waals surface area contributed by atoms with E-state index in [1.54, 1.807) is 18.3 Å². The molecule has 106 valence electrons. The normalized spacial score (nSPS) is 15.8. The Morgan fingerprint density at radius 1 is 1.30 bits per heavy atom. The molecule has 0 N–H and O–H groups in total. The molecule has 1 aliphatic rings. The Morgan fingerprint density at radius 3 is 2.85 bits per heavy atom. The van der Waals surface area contributed by atoms with Crippen LogP contribution in [0, 0.1) is 0 Å². The van der Waals surface area contributed by atoms with E-state index in [4.69, 9.17) is 4.74 Å². The number of esters is 1. The summed E-state index contributed by atoms with van der Waals surface area (Å²) in [5.74, 6) is 0.545. The van der Waals surface area contributed by atoms with E-state index in [0.717, 1.165) is 24.4 Å². The van der Waals surface area contributed by atoms with E-state index in [2.05, 4.69) is 15.1 Å². The molecule has 1 fully saturated rings. The Morgan fingerprint density at radius 2 is 2.10 bits per heavy atom. The molecule has 0 aliphatic carbocycles. The standard InChI is InChI=1S/C14H18N4O2/c1-20-14(19)11-4-5-12-15-16-13(18(12)10-11)6-9-17-7-2-3-8-17/h4-5,10H,2-3,6-9H2,1H3. The minimum absolute atomic E-state index is 0.342. The van der Waals surface area contributed by atoms with Gasteiger partial charge in [-0.1, -0.05) is 0 Å². The number of hydrogen-bond acceptors (Lipinski definition) is 5. The van der Waals surface area contributed by atoms with Crippen LogP contribution in [-0.4, -0.2) is 52.2 Å². The van der Waals surface area contributed by atoms with Crippen molar-refractivity contribution in [2.75, 3.05) is 26.7 Å². The third-order valence-corrected chi connectivity index (χ3v) is 3.74. The molecule has 0 bridgehead atoms. The van der Waals surface area contributed by atoms with Crippen molar-refractivity contribution in [1.82, 2.24) is 19.5 Å². The van der Waals surface area contributed by atoms with Gasteiger partial charge in [-0.2, -0.15) is 0 Å². The largest absolute Gasteiger partial charge is 0.465 e. The maximum Gasteiger partial charge on any atom is 0.339 e. The molecule has 20 heavy (non-hydrogen) atoms. The molecule has 2 aromatic heterocycles. The average Bonchev–Trinajstić information content (AvgIpc) is 3.13. The zero-order valence-corrected chi connectivity index (χ0v) is 11.6. The minimum Gasteiger partial charge on any atom is -0.465 e. The van der Waals surface area contributed by atoms with Gasteiger partial charge in [0.25, 0.3) is 0 Å².